The van der Waals surface area contributed by atoms with E-state index in [1.165, 1.54) is 24.4 Å². The van der Waals surface area contributed by atoms with Gasteiger partial charge < -0.3 is 34.6 Å². The van der Waals surface area contributed by atoms with Crippen molar-refractivity contribution in [3.63, 3.8) is 0 Å². The molecule has 5 aromatic rings. The molecular formula is C34H31N5O5S. The molecular weight excluding hydrogens is 590 g/mol. The van der Waals surface area contributed by atoms with Crippen LogP contribution < -0.4 is 9.64 Å². The third kappa shape index (κ3) is 3.61. The number of anilines is 1. The first-order valence-electron chi connectivity index (χ1n) is 15.3. The molecule has 2 fully saturated rings. The molecule has 2 aliphatic carbocycles. The van der Waals surface area contributed by atoms with Crippen molar-refractivity contribution in [2.45, 2.75) is 37.1 Å². The van der Waals surface area contributed by atoms with Crippen molar-refractivity contribution in [3.05, 3.63) is 76.4 Å². The van der Waals surface area contributed by atoms with Gasteiger partial charge in [0.2, 0.25) is 5.12 Å². The number of fused-ring (bicyclic) bond motifs is 5. The van der Waals surface area contributed by atoms with Crippen molar-refractivity contribution in [3.8, 4) is 11.5 Å². The first-order chi connectivity index (χ1) is 21.8. The summed E-state index contributed by atoms with van der Waals surface area (Å²) in [6.45, 7) is 1.27. The smallest absolute Gasteiger partial charge is 0.274 e. The number of hydrogen-bond donors (Lipinski definition) is 4. The van der Waals surface area contributed by atoms with Crippen LogP contribution >= 0.6 is 11.8 Å². The number of hydrogen-bond acceptors (Lipinski definition) is 6. The Kier molecular flexibility index (Phi) is 5.46. The lowest BCUT2D eigenvalue weighted by molar-refractivity contribution is 0.0677. The second-order valence-electron chi connectivity index (χ2n) is 12.7. The maximum absolute atomic E-state index is 14.0. The fourth-order valence-electron chi connectivity index (χ4n) is 8.55. The van der Waals surface area contributed by atoms with E-state index in [0.717, 1.165) is 64.4 Å². The van der Waals surface area contributed by atoms with Gasteiger partial charge in [0.05, 0.1) is 12.8 Å². The van der Waals surface area contributed by atoms with E-state index < -0.39 is 0 Å². The molecule has 0 bridgehead atoms. The zero-order valence-electron chi connectivity index (χ0n) is 24.8. The molecule has 2 aromatic carbocycles. The number of thioether (sulfide) groups is 1. The normalized spacial score (nSPS) is 22.8. The number of rotatable bonds is 4. The van der Waals surface area contributed by atoms with Gasteiger partial charge in [-0.1, -0.05) is 11.8 Å². The van der Waals surface area contributed by atoms with Crippen molar-refractivity contribution in [1.82, 2.24) is 19.9 Å². The number of phenolic OH excluding ortho intramolecular Hbond substituents is 1. The summed E-state index contributed by atoms with van der Waals surface area (Å²) >= 11 is 1.18. The molecule has 5 heterocycles. The number of ether oxygens (including phenoxy) is 1. The number of phenols is 1. The highest BCUT2D eigenvalue weighted by Crippen LogP contribution is 2.66. The molecule has 4 aliphatic rings. The minimum absolute atomic E-state index is 0.00615. The molecule has 2 aliphatic heterocycles. The van der Waals surface area contributed by atoms with E-state index in [1.54, 1.807) is 24.5 Å². The Balaban J connectivity index is 0.994. The van der Waals surface area contributed by atoms with Crippen LogP contribution in [0.4, 0.5) is 5.69 Å². The van der Waals surface area contributed by atoms with Crippen LogP contribution in [0.1, 0.15) is 61.1 Å². The summed E-state index contributed by atoms with van der Waals surface area (Å²) in [5.74, 6) is 0.670. The van der Waals surface area contributed by atoms with Crippen molar-refractivity contribution in [2.75, 3.05) is 31.4 Å². The average Bonchev–Trinajstić information content (AvgIpc) is 3.67. The van der Waals surface area contributed by atoms with Crippen LogP contribution in [0.2, 0.25) is 0 Å². The molecule has 1 saturated heterocycles. The number of nitrogens with zero attached hydrogens (tertiary/aromatic N) is 2. The fraction of sp³-hybridized carbons (Fsp3) is 0.324. The van der Waals surface area contributed by atoms with Crippen molar-refractivity contribution in [2.24, 2.45) is 5.92 Å². The molecule has 2 amide bonds. The van der Waals surface area contributed by atoms with Gasteiger partial charge in [0.15, 0.2) is 11.5 Å². The number of piperidine rings is 1. The van der Waals surface area contributed by atoms with Gasteiger partial charge in [-0.3, -0.25) is 14.4 Å². The Morgan fingerprint density at radius 1 is 0.978 bits per heavy atom. The summed E-state index contributed by atoms with van der Waals surface area (Å²) < 4.78 is 5.24. The molecule has 10 nitrogen and oxygen atoms in total. The maximum Gasteiger partial charge on any atom is 0.274 e. The van der Waals surface area contributed by atoms with E-state index in [2.05, 4.69) is 21.0 Å². The molecule has 1 unspecified atom stereocenters. The molecule has 0 radical (unpaired) electrons. The van der Waals surface area contributed by atoms with Gasteiger partial charge in [-0.2, -0.15) is 0 Å². The molecule has 11 heteroatoms. The van der Waals surface area contributed by atoms with E-state index in [1.807, 2.05) is 28.0 Å². The molecule has 45 heavy (non-hydrogen) atoms. The fourth-order valence-corrected chi connectivity index (χ4v) is 8.88. The molecule has 228 valence electrons. The third-order valence-corrected chi connectivity index (χ3v) is 11.3. The summed E-state index contributed by atoms with van der Waals surface area (Å²) in [7, 11) is 1.50. The van der Waals surface area contributed by atoms with Gasteiger partial charge in [-0.15, -0.1) is 0 Å². The number of carbonyl (C=O) groups excluding carboxylic acids is 3. The van der Waals surface area contributed by atoms with E-state index in [4.69, 9.17) is 4.74 Å². The van der Waals surface area contributed by atoms with Gasteiger partial charge in [0.1, 0.15) is 11.4 Å². The van der Waals surface area contributed by atoms with Gasteiger partial charge in [-0.05, 0) is 85.4 Å². The lowest BCUT2D eigenvalue weighted by Gasteiger charge is -2.35. The number of carbonyl (C=O) groups is 3. The summed E-state index contributed by atoms with van der Waals surface area (Å²) in [5.41, 5.74) is 7.48. The number of amides is 2. The number of aromatic amines is 3. The molecule has 9 rings (SSSR count). The average molecular weight is 622 g/mol. The second kappa shape index (κ2) is 9.20. The Morgan fingerprint density at radius 2 is 1.80 bits per heavy atom. The Morgan fingerprint density at radius 3 is 2.62 bits per heavy atom. The van der Waals surface area contributed by atoms with Crippen molar-refractivity contribution < 1.29 is 24.2 Å². The standard InChI is InChI=1S/C34H31N5O5S/c1-44-29-13-23-16(10-28(29)40)9-24(37-23)32(42)39-15-17-14-34(17)20-12-25(36-22(20)4-6-30(34)39)31(41)38-8-7-18-19-11-26(33(43)45-2)35-21(19)3-5-27(18)38/h3,5,9-13,17,30,35-37,40H,4,6-8,14-15H2,1-2H3/t17-,30?,34-/m1/s1. The topological polar surface area (TPSA) is 135 Å². The van der Waals surface area contributed by atoms with Crippen molar-refractivity contribution in [1.29, 1.82) is 0 Å². The van der Waals surface area contributed by atoms with Crippen LogP contribution in [0.3, 0.4) is 0 Å². The van der Waals surface area contributed by atoms with E-state index in [0.29, 0.717) is 41.8 Å². The number of aromatic hydroxyl groups is 1. The van der Waals surface area contributed by atoms with Crippen molar-refractivity contribution >= 4 is 56.2 Å². The largest absolute Gasteiger partial charge is 0.504 e. The minimum Gasteiger partial charge on any atom is -0.504 e. The lowest BCUT2D eigenvalue weighted by atomic mass is 9.79. The maximum atomic E-state index is 14.0. The first-order valence-corrected chi connectivity index (χ1v) is 16.5. The van der Waals surface area contributed by atoms with Crippen LogP contribution in [0.25, 0.3) is 21.8 Å². The van der Waals surface area contributed by atoms with Crippen LogP contribution in [0.15, 0.2) is 42.5 Å². The van der Waals surface area contributed by atoms with Crippen LogP contribution in [-0.2, 0) is 18.3 Å². The molecule has 1 saturated carbocycles. The third-order valence-electron chi connectivity index (χ3n) is 10.7. The lowest BCUT2D eigenvalue weighted by Crippen LogP contribution is -2.44. The highest BCUT2D eigenvalue weighted by atomic mass is 32.2. The number of likely N-dealkylation sites (tertiary alicyclic amines) is 1. The predicted molar refractivity (Wildman–Crippen MR) is 172 cm³/mol. The summed E-state index contributed by atoms with van der Waals surface area (Å²) in [5, 5.41) is 12.0. The van der Waals surface area contributed by atoms with Gasteiger partial charge in [0.25, 0.3) is 11.8 Å². The van der Waals surface area contributed by atoms with E-state index in [9.17, 15) is 19.5 Å². The predicted octanol–water partition coefficient (Wildman–Crippen LogP) is 5.13. The Bertz CT molecular complexity index is 2130. The molecule has 4 N–H and O–H groups in total. The number of nitrogens with one attached hydrogen (secondary N) is 3. The minimum atomic E-state index is -0.119. The number of benzene rings is 2. The van der Waals surface area contributed by atoms with E-state index >= 15 is 0 Å². The molecule has 3 aromatic heterocycles. The van der Waals surface area contributed by atoms with Gasteiger partial charge in [-0.25, -0.2) is 0 Å². The quantitative estimate of drug-likeness (QED) is 0.220. The molecule has 1 spiro atoms. The highest BCUT2D eigenvalue weighted by molar-refractivity contribution is 8.13. The van der Waals surface area contributed by atoms with Crippen LogP contribution in [-0.4, -0.2) is 74.4 Å². The summed E-state index contributed by atoms with van der Waals surface area (Å²) in [4.78, 5) is 53.9. The summed E-state index contributed by atoms with van der Waals surface area (Å²) in [6.07, 6.45) is 5.14. The molecule has 3 atom stereocenters. The van der Waals surface area contributed by atoms with Gasteiger partial charge in [0, 0.05) is 63.8 Å². The number of aromatic nitrogens is 3. The number of aryl methyl sites for hydroxylation is 1. The SMILES string of the molecule is COc1cc2[nH]c(C(=O)N3C[C@H]4C[C@]45c4cc(C(=O)N6CCc7c6ccc6[nH]c(C(=O)SC)cc76)[nH]c4CCC35)cc2cc1O. The second-order valence-corrected chi connectivity index (χ2v) is 13.5. The van der Waals surface area contributed by atoms with Crippen LogP contribution in [0, 0.1) is 5.92 Å². The zero-order chi connectivity index (χ0) is 30.8. The van der Waals surface area contributed by atoms with E-state index in [-0.39, 0.29) is 34.1 Å². The van der Waals surface area contributed by atoms with Crippen LogP contribution in [0.5, 0.6) is 11.5 Å². The monoisotopic (exact) mass is 621 g/mol. The Labute approximate surface area is 262 Å². The number of methoxy groups -OCH3 is 1. The highest BCUT2D eigenvalue weighted by Gasteiger charge is 2.69. The number of H-pyrrole nitrogens is 3. The Hall–Kier alpha value is -4.64. The zero-order valence-corrected chi connectivity index (χ0v) is 25.6. The van der Waals surface area contributed by atoms with Gasteiger partial charge >= 0.3 is 0 Å². The first kappa shape index (κ1) is 26.7. The summed E-state index contributed by atoms with van der Waals surface area (Å²) in [6, 6.07) is 13.1.